The maximum atomic E-state index is 14.4. The number of hydrogen-bond donors (Lipinski definition) is 3. The van der Waals surface area contributed by atoms with Crippen molar-refractivity contribution in [2.45, 2.75) is 63.8 Å². The Balaban J connectivity index is 1.58. The molecule has 8 nitrogen and oxygen atoms in total. The van der Waals surface area contributed by atoms with Gasteiger partial charge in [0.2, 0.25) is 17.7 Å². The zero-order chi connectivity index (χ0) is 28.1. The maximum Gasteiger partial charge on any atom is 0.250 e. The lowest BCUT2D eigenvalue weighted by Gasteiger charge is -2.39. The van der Waals surface area contributed by atoms with Gasteiger partial charge in [0, 0.05) is 16.4 Å². The molecule has 2 aromatic rings. The molecule has 3 aliphatic rings. The zero-order valence-corrected chi connectivity index (χ0v) is 23.4. The number of aliphatic hydroxyl groups excluding tert-OH is 1. The van der Waals surface area contributed by atoms with E-state index >= 15 is 0 Å². The predicted octanol–water partition coefficient (Wildman–Crippen LogP) is 4.33. The standard InChI is InChI=1S/C30H36ClN3O5/c1-5-17(2)22(16-35)34-25(27(37)33-21-13-11-19(31)12-14-21)30-15-18(3)29(4,39-30)23(24(30)28(34)38)26(36)32-20-9-7-6-8-10-20/h6-14,17-18,22-25,35H,5,15-16H2,1-4H3,(H,32,36)(H,33,37)/t17-,18?,22-,23-,24-,25?,29+,30?/m0/s1. The number of ether oxygens (including phenoxy) is 1. The summed E-state index contributed by atoms with van der Waals surface area (Å²) in [6.45, 7) is 7.52. The van der Waals surface area contributed by atoms with Gasteiger partial charge in [0.05, 0.1) is 30.1 Å². The van der Waals surface area contributed by atoms with Crippen molar-refractivity contribution in [3.63, 3.8) is 0 Å². The van der Waals surface area contributed by atoms with E-state index in [4.69, 9.17) is 16.3 Å². The quantitative estimate of drug-likeness (QED) is 0.451. The number of para-hydroxylation sites is 1. The Morgan fingerprint density at radius 2 is 1.72 bits per heavy atom. The molecule has 2 aromatic carbocycles. The summed E-state index contributed by atoms with van der Waals surface area (Å²) >= 11 is 6.04. The van der Waals surface area contributed by atoms with Gasteiger partial charge in [0.25, 0.3) is 0 Å². The predicted molar refractivity (Wildman–Crippen MR) is 149 cm³/mol. The molecule has 0 aliphatic carbocycles. The average Bonchev–Trinajstić information content (AvgIpc) is 3.43. The fourth-order valence-electron chi connectivity index (χ4n) is 7.03. The summed E-state index contributed by atoms with van der Waals surface area (Å²) in [5, 5.41) is 16.9. The number of amides is 3. The van der Waals surface area contributed by atoms with Crippen LogP contribution in [0.25, 0.3) is 0 Å². The molecule has 2 bridgehead atoms. The lowest BCUT2D eigenvalue weighted by molar-refractivity contribution is -0.149. The van der Waals surface area contributed by atoms with Crippen LogP contribution in [0, 0.1) is 23.7 Å². The van der Waals surface area contributed by atoms with E-state index in [9.17, 15) is 19.5 Å². The van der Waals surface area contributed by atoms with Gasteiger partial charge in [0.1, 0.15) is 11.6 Å². The van der Waals surface area contributed by atoms with Gasteiger partial charge in [-0.2, -0.15) is 0 Å². The molecular formula is C30H36ClN3O5. The molecular weight excluding hydrogens is 518 g/mol. The third-order valence-corrected chi connectivity index (χ3v) is 9.53. The first-order chi connectivity index (χ1) is 18.6. The Labute approximate surface area is 234 Å². The highest BCUT2D eigenvalue weighted by atomic mass is 35.5. The largest absolute Gasteiger partial charge is 0.394 e. The van der Waals surface area contributed by atoms with Gasteiger partial charge in [-0.1, -0.05) is 57.0 Å². The molecule has 3 amide bonds. The van der Waals surface area contributed by atoms with Gasteiger partial charge in [-0.25, -0.2) is 0 Å². The van der Waals surface area contributed by atoms with Crippen molar-refractivity contribution in [1.29, 1.82) is 0 Å². The smallest absolute Gasteiger partial charge is 0.250 e. The van der Waals surface area contributed by atoms with Crippen LogP contribution in [0.5, 0.6) is 0 Å². The normalized spacial score (nSPS) is 32.6. The molecule has 3 aliphatic heterocycles. The summed E-state index contributed by atoms with van der Waals surface area (Å²) in [6, 6.07) is 14.2. The minimum absolute atomic E-state index is 0.0817. The van der Waals surface area contributed by atoms with Crippen LogP contribution in [0.3, 0.4) is 0 Å². The van der Waals surface area contributed by atoms with E-state index in [2.05, 4.69) is 10.6 Å². The number of nitrogens with zero attached hydrogens (tertiary/aromatic N) is 1. The molecule has 0 saturated carbocycles. The number of anilines is 2. The maximum absolute atomic E-state index is 14.4. The number of carbonyl (C=O) groups excluding carboxylic acids is 3. The Kier molecular flexibility index (Phi) is 7.24. The molecule has 0 aromatic heterocycles. The fraction of sp³-hybridized carbons (Fsp3) is 0.500. The van der Waals surface area contributed by atoms with Gasteiger partial charge in [-0.05, 0) is 61.6 Å². The summed E-state index contributed by atoms with van der Waals surface area (Å²) in [4.78, 5) is 43.8. The summed E-state index contributed by atoms with van der Waals surface area (Å²) in [7, 11) is 0. The molecule has 3 unspecified atom stereocenters. The minimum atomic E-state index is -1.21. The molecule has 39 heavy (non-hydrogen) atoms. The second-order valence-corrected chi connectivity index (χ2v) is 11.9. The number of halogens is 1. The van der Waals surface area contributed by atoms with Crippen molar-refractivity contribution < 1.29 is 24.2 Å². The van der Waals surface area contributed by atoms with Crippen LogP contribution in [0.1, 0.15) is 40.5 Å². The summed E-state index contributed by atoms with van der Waals surface area (Å²) in [6.07, 6.45) is 1.15. The Morgan fingerprint density at radius 1 is 1.10 bits per heavy atom. The van der Waals surface area contributed by atoms with E-state index < -0.39 is 41.0 Å². The molecule has 3 N–H and O–H groups in total. The number of fused-ring (bicyclic) bond motifs is 1. The Bertz CT molecular complexity index is 1260. The first kappa shape index (κ1) is 27.6. The average molecular weight is 554 g/mol. The Hall–Kier alpha value is -2.94. The SMILES string of the molecule is CC[C@H](C)[C@H](CO)N1C(=O)[C@@H]2[C@@H](C(=O)Nc3ccccc3)[C@]3(C)OC2(CC3C)C1C(=O)Nc1ccc(Cl)cc1. The Morgan fingerprint density at radius 3 is 2.33 bits per heavy atom. The monoisotopic (exact) mass is 553 g/mol. The van der Waals surface area contributed by atoms with Crippen molar-refractivity contribution in [2.24, 2.45) is 23.7 Å². The van der Waals surface area contributed by atoms with Gasteiger partial charge >= 0.3 is 0 Å². The molecule has 9 heteroatoms. The van der Waals surface area contributed by atoms with Crippen molar-refractivity contribution in [2.75, 3.05) is 17.2 Å². The number of hydrogen-bond acceptors (Lipinski definition) is 5. The first-order valence-corrected chi connectivity index (χ1v) is 14.0. The van der Waals surface area contributed by atoms with E-state index in [-0.39, 0.29) is 30.3 Å². The second-order valence-electron chi connectivity index (χ2n) is 11.4. The molecule has 3 heterocycles. The minimum Gasteiger partial charge on any atom is -0.394 e. The van der Waals surface area contributed by atoms with Gasteiger partial charge in [-0.3, -0.25) is 14.4 Å². The number of aliphatic hydroxyl groups is 1. The van der Waals surface area contributed by atoms with Gasteiger partial charge in [0.15, 0.2) is 0 Å². The van der Waals surface area contributed by atoms with E-state index in [1.807, 2.05) is 45.9 Å². The molecule has 3 fully saturated rings. The number of carbonyl (C=O) groups is 3. The second kappa shape index (κ2) is 10.2. The highest BCUT2D eigenvalue weighted by molar-refractivity contribution is 6.30. The first-order valence-electron chi connectivity index (χ1n) is 13.6. The number of nitrogens with one attached hydrogen (secondary N) is 2. The topological polar surface area (TPSA) is 108 Å². The van der Waals surface area contributed by atoms with Gasteiger partial charge < -0.3 is 25.4 Å². The molecule has 0 radical (unpaired) electrons. The van der Waals surface area contributed by atoms with Crippen LogP contribution in [-0.2, 0) is 19.1 Å². The molecule has 5 rings (SSSR count). The van der Waals surface area contributed by atoms with Crippen LogP contribution in [-0.4, -0.2) is 57.6 Å². The zero-order valence-electron chi connectivity index (χ0n) is 22.7. The van der Waals surface area contributed by atoms with Crippen LogP contribution in [0.15, 0.2) is 54.6 Å². The number of rotatable bonds is 8. The lowest BCUT2D eigenvalue weighted by Crippen LogP contribution is -2.57. The van der Waals surface area contributed by atoms with Crippen LogP contribution >= 0.6 is 11.6 Å². The molecule has 208 valence electrons. The van der Waals surface area contributed by atoms with Crippen molar-refractivity contribution in [3.8, 4) is 0 Å². The summed E-state index contributed by atoms with van der Waals surface area (Å²) < 4.78 is 6.77. The number of benzene rings is 2. The van der Waals surface area contributed by atoms with Crippen LogP contribution in [0.4, 0.5) is 11.4 Å². The van der Waals surface area contributed by atoms with E-state index in [1.165, 1.54) is 4.90 Å². The third-order valence-electron chi connectivity index (χ3n) is 9.28. The van der Waals surface area contributed by atoms with Crippen molar-refractivity contribution in [3.05, 3.63) is 59.6 Å². The highest BCUT2D eigenvalue weighted by Gasteiger charge is 2.80. The van der Waals surface area contributed by atoms with Crippen molar-refractivity contribution >= 4 is 40.7 Å². The third kappa shape index (κ3) is 4.33. The molecule has 8 atom stereocenters. The summed E-state index contributed by atoms with van der Waals surface area (Å²) in [5.41, 5.74) is -0.982. The van der Waals surface area contributed by atoms with Gasteiger partial charge in [-0.15, -0.1) is 0 Å². The fourth-order valence-corrected chi connectivity index (χ4v) is 7.16. The molecule has 1 spiro atoms. The van der Waals surface area contributed by atoms with Crippen LogP contribution in [0.2, 0.25) is 5.02 Å². The van der Waals surface area contributed by atoms with E-state index in [0.717, 1.165) is 0 Å². The molecule has 3 saturated heterocycles. The van der Waals surface area contributed by atoms with Crippen molar-refractivity contribution in [1.82, 2.24) is 4.90 Å². The lowest BCUT2D eigenvalue weighted by atomic mass is 9.62. The summed E-state index contributed by atoms with van der Waals surface area (Å²) in [5.74, 6) is -2.87. The number of likely N-dealkylation sites (tertiary alicyclic amines) is 1. The highest BCUT2D eigenvalue weighted by Crippen LogP contribution is 2.65. The van der Waals surface area contributed by atoms with E-state index in [1.54, 1.807) is 36.4 Å². The van der Waals surface area contributed by atoms with E-state index in [0.29, 0.717) is 29.2 Å². The van der Waals surface area contributed by atoms with Crippen LogP contribution < -0.4 is 10.6 Å².